The molecule has 2 atom stereocenters. The van der Waals surface area contributed by atoms with Crippen molar-refractivity contribution in [3.63, 3.8) is 0 Å². The minimum absolute atomic E-state index is 0.0736. The van der Waals surface area contributed by atoms with Crippen LogP contribution in [-0.4, -0.2) is 54.0 Å². The van der Waals surface area contributed by atoms with Crippen molar-refractivity contribution in [1.29, 1.82) is 0 Å². The highest BCUT2D eigenvalue weighted by molar-refractivity contribution is 5.79. The third kappa shape index (κ3) is 4.76. The molecule has 7 heteroatoms. The Labute approximate surface area is 176 Å². The summed E-state index contributed by atoms with van der Waals surface area (Å²) < 4.78 is 46.1. The van der Waals surface area contributed by atoms with Gasteiger partial charge in [0, 0.05) is 50.0 Å². The molecule has 30 heavy (non-hydrogen) atoms. The van der Waals surface area contributed by atoms with Crippen LogP contribution < -0.4 is 4.74 Å². The maximum Gasteiger partial charge on any atom is 0.225 e. The summed E-state index contributed by atoms with van der Waals surface area (Å²) in [7, 11) is 0. The zero-order valence-electron chi connectivity index (χ0n) is 17.6. The first-order valence-electron chi connectivity index (χ1n) is 11.2. The Morgan fingerprint density at radius 3 is 2.13 bits per heavy atom. The summed E-state index contributed by atoms with van der Waals surface area (Å²) in [6.07, 6.45) is 6.34. The quantitative estimate of drug-likeness (QED) is 0.719. The number of benzene rings is 1. The monoisotopic (exact) mass is 424 g/mol. The smallest absolute Gasteiger partial charge is 0.225 e. The molecule has 0 radical (unpaired) electrons. The first-order valence-corrected chi connectivity index (χ1v) is 11.2. The summed E-state index contributed by atoms with van der Waals surface area (Å²) >= 11 is 0. The summed E-state index contributed by atoms with van der Waals surface area (Å²) in [5.41, 5.74) is 0. The van der Waals surface area contributed by atoms with Crippen molar-refractivity contribution in [2.24, 2.45) is 11.8 Å². The van der Waals surface area contributed by atoms with E-state index >= 15 is 0 Å². The first-order chi connectivity index (χ1) is 14.4. The minimum atomic E-state index is -1.03. The van der Waals surface area contributed by atoms with Gasteiger partial charge in [0.05, 0.1) is 0 Å². The molecular formula is C23H31F3N2O2. The van der Waals surface area contributed by atoms with E-state index in [1.165, 1.54) is 19.3 Å². The fourth-order valence-electron chi connectivity index (χ4n) is 5.28. The van der Waals surface area contributed by atoms with Gasteiger partial charge in [0.25, 0.3) is 0 Å². The van der Waals surface area contributed by atoms with Gasteiger partial charge in [0.2, 0.25) is 5.91 Å². The number of ether oxygens (including phenoxy) is 1. The second-order valence-corrected chi connectivity index (χ2v) is 9.22. The van der Waals surface area contributed by atoms with Crippen molar-refractivity contribution in [2.45, 2.75) is 64.0 Å². The van der Waals surface area contributed by atoms with Gasteiger partial charge in [-0.15, -0.1) is 0 Å². The number of hydrogen-bond acceptors (Lipinski definition) is 3. The van der Waals surface area contributed by atoms with Crippen LogP contribution in [-0.2, 0) is 4.79 Å². The Morgan fingerprint density at radius 2 is 1.57 bits per heavy atom. The molecule has 0 bridgehead atoms. The van der Waals surface area contributed by atoms with Crippen molar-refractivity contribution in [3.8, 4) is 5.75 Å². The molecule has 2 saturated heterocycles. The topological polar surface area (TPSA) is 32.8 Å². The van der Waals surface area contributed by atoms with Crippen molar-refractivity contribution in [3.05, 3.63) is 29.6 Å². The van der Waals surface area contributed by atoms with E-state index in [-0.39, 0.29) is 17.9 Å². The van der Waals surface area contributed by atoms with E-state index in [1.54, 1.807) is 0 Å². The Hall–Kier alpha value is -1.76. The fraction of sp³-hybridized carbons (Fsp3) is 0.696. The normalized spacial score (nSPS) is 26.9. The van der Waals surface area contributed by atoms with Gasteiger partial charge in [0.1, 0.15) is 11.9 Å². The lowest BCUT2D eigenvalue weighted by Gasteiger charge is -2.39. The van der Waals surface area contributed by atoms with Crippen LogP contribution in [0.15, 0.2) is 12.1 Å². The van der Waals surface area contributed by atoms with E-state index in [0.29, 0.717) is 44.1 Å². The number of halogens is 3. The third-order valence-electron chi connectivity index (χ3n) is 7.06. The summed E-state index contributed by atoms with van der Waals surface area (Å²) in [6, 6.07) is 1.93. The first kappa shape index (κ1) is 21.5. The zero-order chi connectivity index (χ0) is 21.3. The second-order valence-electron chi connectivity index (χ2n) is 9.22. The highest BCUT2D eigenvalue weighted by Gasteiger charge is 2.35. The Balaban J connectivity index is 1.24. The van der Waals surface area contributed by atoms with Crippen molar-refractivity contribution >= 4 is 5.91 Å². The molecule has 1 aromatic carbocycles. The number of rotatable bonds is 4. The van der Waals surface area contributed by atoms with Crippen LogP contribution in [0.4, 0.5) is 13.2 Å². The van der Waals surface area contributed by atoms with Crippen molar-refractivity contribution in [1.82, 2.24) is 9.80 Å². The molecule has 1 amide bonds. The average molecular weight is 425 g/mol. The molecule has 4 rings (SSSR count). The van der Waals surface area contributed by atoms with Crippen molar-refractivity contribution in [2.75, 3.05) is 26.2 Å². The fourth-order valence-corrected chi connectivity index (χ4v) is 5.28. The largest absolute Gasteiger partial charge is 0.484 e. The van der Waals surface area contributed by atoms with E-state index in [0.717, 1.165) is 31.8 Å². The lowest BCUT2D eigenvalue weighted by Crippen LogP contribution is -2.48. The molecule has 0 spiro atoms. The molecule has 0 N–H and O–H groups in total. The van der Waals surface area contributed by atoms with Crippen molar-refractivity contribution < 1.29 is 22.7 Å². The van der Waals surface area contributed by atoms with Gasteiger partial charge < -0.3 is 14.5 Å². The number of piperidine rings is 2. The standard InChI is InChI=1S/C23H31F3N2O2/c1-15-2-3-18(12-15)27-8-4-16(5-9-27)23(29)28-10-6-19(7-11-28)30-22-20(25)13-17(24)14-21(22)26/h13-16,18-19H,2-12H2,1H3. The van der Waals surface area contributed by atoms with E-state index < -0.39 is 23.2 Å². The Bertz CT molecular complexity index is 736. The predicted octanol–water partition coefficient (Wildman–Crippen LogP) is 4.37. The highest BCUT2D eigenvalue weighted by atomic mass is 19.1. The van der Waals surface area contributed by atoms with Gasteiger partial charge in [-0.2, -0.15) is 0 Å². The molecule has 1 aromatic rings. The van der Waals surface area contributed by atoms with E-state index in [1.807, 2.05) is 4.90 Å². The van der Waals surface area contributed by atoms with Crippen LogP contribution in [0.5, 0.6) is 5.75 Å². The molecule has 3 aliphatic rings. The number of hydrogen-bond donors (Lipinski definition) is 0. The van der Waals surface area contributed by atoms with Gasteiger partial charge in [-0.1, -0.05) is 6.92 Å². The van der Waals surface area contributed by atoms with E-state index in [9.17, 15) is 18.0 Å². The Kier molecular flexibility index (Phi) is 6.56. The van der Waals surface area contributed by atoms with Gasteiger partial charge in [-0.3, -0.25) is 4.79 Å². The van der Waals surface area contributed by atoms with Crippen LogP contribution in [0, 0.1) is 29.3 Å². The van der Waals surface area contributed by atoms with Crippen LogP contribution in [0.3, 0.4) is 0 Å². The molecule has 4 nitrogen and oxygen atoms in total. The Morgan fingerprint density at radius 1 is 0.933 bits per heavy atom. The summed E-state index contributed by atoms with van der Waals surface area (Å²) in [6.45, 7) is 5.36. The van der Waals surface area contributed by atoms with Gasteiger partial charge in [0.15, 0.2) is 17.4 Å². The molecule has 2 heterocycles. The van der Waals surface area contributed by atoms with Crippen LogP contribution in [0.1, 0.15) is 51.9 Å². The summed E-state index contributed by atoms with van der Waals surface area (Å²) in [5.74, 6) is -2.48. The average Bonchev–Trinajstić information content (AvgIpc) is 3.17. The number of carbonyl (C=O) groups is 1. The number of likely N-dealkylation sites (tertiary alicyclic amines) is 2. The van der Waals surface area contributed by atoms with E-state index in [2.05, 4.69) is 11.8 Å². The van der Waals surface area contributed by atoms with Gasteiger partial charge in [-0.05, 0) is 51.1 Å². The lowest BCUT2D eigenvalue weighted by atomic mass is 9.93. The number of carbonyl (C=O) groups excluding carboxylic acids is 1. The maximum atomic E-state index is 13.8. The second kappa shape index (κ2) is 9.16. The van der Waals surface area contributed by atoms with Gasteiger partial charge >= 0.3 is 0 Å². The summed E-state index contributed by atoms with van der Waals surface area (Å²) in [4.78, 5) is 17.4. The molecule has 2 unspecified atom stereocenters. The number of nitrogens with zero attached hydrogens (tertiary/aromatic N) is 2. The SMILES string of the molecule is CC1CCC(N2CCC(C(=O)N3CCC(Oc4c(F)cc(F)cc4F)CC3)CC2)C1. The zero-order valence-corrected chi connectivity index (χ0v) is 17.6. The third-order valence-corrected chi connectivity index (χ3v) is 7.06. The lowest BCUT2D eigenvalue weighted by molar-refractivity contribution is -0.139. The predicted molar refractivity (Wildman–Crippen MR) is 108 cm³/mol. The molecule has 0 aromatic heterocycles. The number of amides is 1. The van der Waals surface area contributed by atoms with Crippen LogP contribution in [0.2, 0.25) is 0 Å². The molecule has 2 aliphatic heterocycles. The molecule has 1 saturated carbocycles. The molecule has 1 aliphatic carbocycles. The minimum Gasteiger partial charge on any atom is -0.484 e. The molecular weight excluding hydrogens is 393 g/mol. The summed E-state index contributed by atoms with van der Waals surface area (Å²) in [5, 5.41) is 0. The maximum absolute atomic E-state index is 13.8. The van der Waals surface area contributed by atoms with Crippen LogP contribution >= 0.6 is 0 Å². The van der Waals surface area contributed by atoms with Crippen LogP contribution in [0.25, 0.3) is 0 Å². The molecule has 3 fully saturated rings. The van der Waals surface area contributed by atoms with Gasteiger partial charge in [-0.25, -0.2) is 13.2 Å². The van der Waals surface area contributed by atoms with E-state index in [4.69, 9.17) is 4.74 Å². The molecule has 166 valence electrons. The highest BCUT2D eigenvalue weighted by Crippen LogP contribution is 2.32.